The fourth-order valence-electron chi connectivity index (χ4n) is 4.03. The lowest BCUT2D eigenvalue weighted by atomic mass is 9.79. The van der Waals surface area contributed by atoms with Crippen molar-refractivity contribution in [3.8, 4) is 11.7 Å². The zero-order valence-corrected chi connectivity index (χ0v) is 15.8. The molecule has 0 radical (unpaired) electrons. The van der Waals surface area contributed by atoms with E-state index in [2.05, 4.69) is 40.2 Å². The van der Waals surface area contributed by atoms with Gasteiger partial charge in [-0.3, -0.25) is 4.79 Å². The third-order valence-corrected chi connectivity index (χ3v) is 5.70. The van der Waals surface area contributed by atoms with Crippen LogP contribution in [0, 0.1) is 6.92 Å². The number of aromatic nitrogens is 4. The SMILES string of the molecule is Cc1c(OC2CC2)cccc1[C@H]1CCc2c(cnn(-c3ncccn3)c2=O)C1. The molecular weight excluding hydrogens is 352 g/mol. The molecule has 6 heteroatoms. The molecule has 1 aromatic carbocycles. The summed E-state index contributed by atoms with van der Waals surface area (Å²) in [5.74, 6) is 1.69. The van der Waals surface area contributed by atoms with Gasteiger partial charge in [0.25, 0.3) is 11.5 Å². The second-order valence-corrected chi connectivity index (χ2v) is 7.64. The summed E-state index contributed by atoms with van der Waals surface area (Å²) in [6.07, 6.45) is 10.2. The third kappa shape index (κ3) is 3.09. The van der Waals surface area contributed by atoms with Gasteiger partial charge in [0.1, 0.15) is 5.75 Å². The summed E-state index contributed by atoms with van der Waals surface area (Å²) < 4.78 is 7.36. The van der Waals surface area contributed by atoms with Gasteiger partial charge in [-0.15, -0.1) is 0 Å². The Morgan fingerprint density at radius 1 is 1.11 bits per heavy atom. The molecule has 2 aromatic heterocycles. The number of hydrogen-bond donors (Lipinski definition) is 0. The van der Waals surface area contributed by atoms with Crippen molar-refractivity contribution in [1.82, 2.24) is 19.7 Å². The van der Waals surface area contributed by atoms with E-state index >= 15 is 0 Å². The van der Waals surface area contributed by atoms with Gasteiger partial charge < -0.3 is 4.74 Å². The Labute approximate surface area is 163 Å². The molecule has 0 unspecified atom stereocenters. The molecule has 1 atom stereocenters. The van der Waals surface area contributed by atoms with Crippen LogP contribution in [0.1, 0.15) is 47.4 Å². The van der Waals surface area contributed by atoms with Gasteiger partial charge in [-0.25, -0.2) is 9.97 Å². The minimum Gasteiger partial charge on any atom is -0.490 e. The van der Waals surface area contributed by atoms with Gasteiger partial charge >= 0.3 is 0 Å². The van der Waals surface area contributed by atoms with E-state index in [0.717, 1.165) is 49.0 Å². The maximum atomic E-state index is 12.9. The minimum absolute atomic E-state index is 0.107. The van der Waals surface area contributed by atoms with Crippen molar-refractivity contribution in [3.05, 3.63) is 75.5 Å². The van der Waals surface area contributed by atoms with Crippen LogP contribution >= 0.6 is 0 Å². The Kier molecular flexibility index (Phi) is 4.19. The Balaban J connectivity index is 1.45. The van der Waals surface area contributed by atoms with Crippen molar-refractivity contribution in [2.45, 2.75) is 51.0 Å². The number of hydrogen-bond acceptors (Lipinski definition) is 5. The summed E-state index contributed by atoms with van der Waals surface area (Å²) in [7, 11) is 0. The highest BCUT2D eigenvalue weighted by atomic mass is 16.5. The van der Waals surface area contributed by atoms with Crippen molar-refractivity contribution in [1.29, 1.82) is 0 Å². The maximum absolute atomic E-state index is 12.9. The van der Waals surface area contributed by atoms with Crippen LogP contribution in [-0.2, 0) is 12.8 Å². The molecule has 0 aliphatic heterocycles. The van der Waals surface area contributed by atoms with Gasteiger partial charge in [0.05, 0.1) is 12.3 Å². The molecule has 6 nitrogen and oxygen atoms in total. The molecule has 0 saturated heterocycles. The van der Waals surface area contributed by atoms with Gasteiger partial charge in [0.2, 0.25) is 0 Å². The molecule has 3 aromatic rings. The van der Waals surface area contributed by atoms with Crippen LogP contribution in [0.2, 0.25) is 0 Å². The summed E-state index contributed by atoms with van der Waals surface area (Å²) in [6, 6.07) is 8.06. The van der Waals surface area contributed by atoms with Crippen LogP contribution in [-0.4, -0.2) is 25.9 Å². The quantitative estimate of drug-likeness (QED) is 0.702. The molecule has 2 heterocycles. The Bertz CT molecular complexity index is 1070. The molecule has 1 fully saturated rings. The van der Waals surface area contributed by atoms with Crippen molar-refractivity contribution in [2.24, 2.45) is 0 Å². The Hall–Kier alpha value is -3.02. The zero-order valence-electron chi connectivity index (χ0n) is 15.8. The molecule has 2 aliphatic carbocycles. The van der Waals surface area contributed by atoms with Crippen LogP contribution in [0.4, 0.5) is 0 Å². The van der Waals surface area contributed by atoms with Crippen molar-refractivity contribution in [3.63, 3.8) is 0 Å². The van der Waals surface area contributed by atoms with E-state index < -0.39 is 0 Å². The van der Waals surface area contributed by atoms with E-state index in [1.807, 2.05) is 0 Å². The van der Waals surface area contributed by atoms with Crippen LogP contribution in [0.25, 0.3) is 5.95 Å². The molecule has 28 heavy (non-hydrogen) atoms. The molecule has 142 valence electrons. The molecule has 0 bridgehead atoms. The lowest BCUT2D eigenvalue weighted by Gasteiger charge is -2.26. The first-order valence-corrected chi connectivity index (χ1v) is 9.84. The number of ether oxygens (including phenoxy) is 1. The van der Waals surface area contributed by atoms with Crippen molar-refractivity contribution < 1.29 is 4.74 Å². The van der Waals surface area contributed by atoms with E-state index in [-0.39, 0.29) is 5.56 Å². The topological polar surface area (TPSA) is 69.9 Å². The third-order valence-electron chi connectivity index (χ3n) is 5.70. The standard InChI is InChI=1S/C22H22N4O2/c1-14-18(4-2-5-20(14)28-17-7-8-17)15-6-9-19-16(12-15)13-25-26(21(19)27)22-23-10-3-11-24-22/h2-5,10-11,13,15,17H,6-9,12H2,1H3/t15-/m0/s1. The van der Waals surface area contributed by atoms with Crippen molar-refractivity contribution in [2.75, 3.05) is 0 Å². The molecule has 2 aliphatic rings. The predicted octanol–water partition coefficient (Wildman–Crippen LogP) is 3.14. The average Bonchev–Trinajstić information content (AvgIpc) is 3.54. The van der Waals surface area contributed by atoms with Gasteiger partial charge in [-0.05, 0) is 73.8 Å². The van der Waals surface area contributed by atoms with Crippen LogP contribution < -0.4 is 10.3 Å². The monoisotopic (exact) mass is 374 g/mol. The highest BCUT2D eigenvalue weighted by molar-refractivity contribution is 5.43. The van der Waals surface area contributed by atoms with Crippen LogP contribution in [0.5, 0.6) is 5.75 Å². The number of nitrogens with zero attached hydrogens (tertiary/aromatic N) is 4. The van der Waals surface area contributed by atoms with Gasteiger partial charge in [0.15, 0.2) is 0 Å². The normalized spacial score (nSPS) is 18.5. The lowest BCUT2D eigenvalue weighted by molar-refractivity contribution is 0.300. The van der Waals surface area contributed by atoms with Gasteiger partial charge in [-0.1, -0.05) is 12.1 Å². The lowest BCUT2D eigenvalue weighted by Crippen LogP contribution is -2.30. The second-order valence-electron chi connectivity index (χ2n) is 7.64. The fourth-order valence-corrected chi connectivity index (χ4v) is 4.03. The van der Waals surface area contributed by atoms with Crippen molar-refractivity contribution >= 4 is 0 Å². The highest BCUT2D eigenvalue weighted by Crippen LogP contribution is 2.37. The first kappa shape index (κ1) is 17.1. The second kappa shape index (κ2) is 6.86. The molecular formula is C22H22N4O2. The molecule has 0 N–H and O–H groups in total. The van der Waals surface area contributed by atoms with Gasteiger partial charge in [-0.2, -0.15) is 9.78 Å². The number of benzene rings is 1. The molecule has 1 saturated carbocycles. The van der Waals surface area contributed by atoms with E-state index in [9.17, 15) is 4.79 Å². The number of fused-ring (bicyclic) bond motifs is 1. The molecule has 0 spiro atoms. The van der Waals surface area contributed by atoms with E-state index in [4.69, 9.17) is 4.74 Å². The summed E-state index contributed by atoms with van der Waals surface area (Å²) in [6.45, 7) is 2.14. The maximum Gasteiger partial charge on any atom is 0.277 e. The van der Waals surface area contributed by atoms with Gasteiger partial charge in [0, 0.05) is 18.0 Å². The van der Waals surface area contributed by atoms with E-state index in [1.165, 1.54) is 15.8 Å². The summed E-state index contributed by atoms with van der Waals surface area (Å²) in [5, 5.41) is 4.33. The first-order chi connectivity index (χ1) is 13.7. The average molecular weight is 374 g/mol. The van der Waals surface area contributed by atoms with Crippen LogP contribution in [0.15, 0.2) is 47.7 Å². The zero-order chi connectivity index (χ0) is 19.1. The molecule has 0 amide bonds. The predicted molar refractivity (Wildman–Crippen MR) is 105 cm³/mol. The van der Waals surface area contributed by atoms with E-state index in [1.54, 1.807) is 24.7 Å². The fraction of sp³-hybridized carbons (Fsp3) is 0.364. The molecule has 5 rings (SSSR count). The Morgan fingerprint density at radius 3 is 2.71 bits per heavy atom. The largest absolute Gasteiger partial charge is 0.490 e. The minimum atomic E-state index is -0.107. The smallest absolute Gasteiger partial charge is 0.277 e. The van der Waals surface area contributed by atoms with E-state index in [0.29, 0.717) is 18.0 Å². The van der Waals surface area contributed by atoms with Crippen LogP contribution in [0.3, 0.4) is 0 Å². The number of rotatable bonds is 4. The Morgan fingerprint density at radius 2 is 1.93 bits per heavy atom. The first-order valence-electron chi connectivity index (χ1n) is 9.84. The highest BCUT2D eigenvalue weighted by Gasteiger charge is 2.28. The summed E-state index contributed by atoms with van der Waals surface area (Å²) in [5.41, 5.74) is 4.30. The summed E-state index contributed by atoms with van der Waals surface area (Å²) in [4.78, 5) is 21.2. The summed E-state index contributed by atoms with van der Waals surface area (Å²) >= 11 is 0.